The third-order valence-electron chi connectivity index (χ3n) is 2.82. The predicted octanol–water partition coefficient (Wildman–Crippen LogP) is -0.118. The van der Waals surface area contributed by atoms with Crippen LogP contribution in [0.1, 0.15) is 6.42 Å². The Bertz CT molecular complexity index is 602. The van der Waals surface area contributed by atoms with Crippen molar-refractivity contribution in [2.24, 2.45) is 0 Å². The summed E-state index contributed by atoms with van der Waals surface area (Å²) in [4.78, 5) is 11.9. The third-order valence-corrected chi connectivity index (χ3v) is 3.55. The number of sulfonamides is 1. The Morgan fingerprint density at radius 2 is 2.00 bits per heavy atom. The lowest BCUT2D eigenvalue weighted by Gasteiger charge is -2.25. The van der Waals surface area contributed by atoms with Crippen LogP contribution in [-0.2, 0) is 14.8 Å². The number of amides is 1. The number of benzene rings is 1. The number of nitrogens with one attached hydrogen (secondary N) is 2. The molecule has 0 saturated heterocycles. The number of carbonyl (C=O) groups excluding carboxylic acids is 1. The summed E-state index contributed by atoms with van der Waals surface area (Å²) in [6, 6.07) is 7.15. The zero-order valence-corrected chi connectivity index (χ0v) is 12.5. The smallest absolute Gasteiger partial charge is 0.264 e. The maximum atomic E-state index is 11.9. The van der Waals surface area contributed by atoms with Gasteiger partial charge in [0.1, 0.15) is 6.61 Å². The first-order chi connectivity index (χ1) is 9.96. The zero-order valence-electron chi connectivity index (χ0n) is 11.7. The lowest BCUT2D eigenvalue weighted by molar-refractivity contribution is -0.130. The van der Waals surface area contributed by atoms with Crippen molar-refractivity contribution in [3.8, 4) is 11.5 Å². The van der Waals surface area contributed by atoms with Gasteiger partial charge < -0.3 is 14.8 Å². The lowest BCUT2D eigenvalue weighted by Crippen LogP contribution is -2.44. The minimum atomic E-state index is -3.19. The van der Waals surface area contributed by atoms with Gasteiger partial charge in [0.15, 0.2) is 11.5 Å². The van der Waals surface area contributed by atoms with Crippen LogP contribution in [0.25, 0.3) is 0 Å². The molecule has 0 radical (unpaired) electrons. The Morgan fingerprint density at radius 1 is 1.29 bits per heavy atom. The monoisotopic (exact) mass is 314 g/mol. The van der Waals surface area contributed by atoms with Gasteiger partial charge in [-0.15, -0.1) is 0 Å². The van der Waals surface area contributed by atoms with Gasteiger partial charge in [-0.1, -0.05) is 12.1 Å². The van der Waals surface area contributed by atoms with E-state index in [0.29, 0.717) is 24.5 Å². The van der Waals surface area contributed by atoms with Crippen LogP contribution in [0.2, 0.25) is 0 Å². The molecule has 0 bridgehead atoms. The van der Waals surface area contributed by atoms with Crippen LogP contribution in [0.4, 0.5) is 0 Å². The molecule has 21 heavy (non-hydrogen) atoms. The van der Waals surface area contributed by atoms with E-state index in [4.69, 9.17) is 9.47 Å². The van der Waals surface area contributed by atoms with Crippen LogP contribution in [0.5, 0.6) is 11.5 Å². The fourth-order valence-corrected chi connectivity index (χ4v) is 2.34. The van der Waals surface area contributed by atoms with E-state index in [1.165, 1.54) is 0 Å². The highest BCUT2D eigenvalue weighted by Crippen LogP contribution is 2.30. The standard InChI is InChI=1S/C13H18N2O5S/c1-21(17,18)15-8-4-7-14-13(16)12-9-19-10-5-2-3-6-11(10)20-12/h2-3,5-6,12,15H,4,7-9H2,1H3,(H,14,16). The zero-order chi connectivity index (χ0) is 15.3. The van der Waals surface area contributed by atoms with Crippen molar-refractivity contribution >= 4 is 15.9 Å². The maximum Gasteiger partial charge on any atom is 0.264 e. The van der Waals surface area contributed by atoms with Crippen molar-refractivity contribution in [1.29, 1.82) is 0 Å². The van der Waals surface area contributed by atoms with Gasteiger partial charge in [0.25, 0.3) is 5.91 Å². The van der Waals surface area contributed by atoms with Gasteiger partial charge in [-0.25, -0.2) is 13.1 Å². The van der Waals surface area contributed by atoms with Crippen molar-refractivity contribution in [2.75, 3.05) is 26.0 Å². The van der Waals surface area contributed by atoms with E-state index < -0.39 is 16.1 Å². The first kappa shape index (κ1) is 15.6. The Morgan fingerprint density at radius 3 is 2.71 bits per heavy atom. The molecule has 1 aromatic rings. The molecule has 7 nitrogen and oxygen atoms in total. The van der Waals surface area contributed by atoms with Gasteiger partial charge in [0.05, 0.1) is 6.26 Å². The van der Waals surface area contributed by atoms with E-state index in [-0.39, 0.29) is 19.1 Å². The maximum absolute atomic E-state index is 11.9. The molecule has 1 amide bonds. The molecule has 0 fully saturated rings. The summed E-state index contributed by atoms with van der Waals surface area (Å²) < 4.78 is 35.1. The van der Waals surface area contributed by atoms with Gasteiger partial charge in [-0.05, 0) is 18.6 Å². The molecule has 1 aliphatic heterocycles. The van der Waals surface area contributed by atoms with E-state index in [0.717, 1.165) is 6.26 Å². The summed E-state index contributed by atoms with van der Waals surface area (Å²) in [5, 5.41) is 2.69. The fraction of sp³-hybridized carbons (Fsp3) is 0.462. The predicted molar refractivity (Wildman–Crippen MR) is 76.8 cm³/mol. The van der Waals surface area contributed by atoms with Gasteiger partial charge in [0.2, 0.25) is 16.1 Å². The summed E-state index contributed by atoms with van der Waals surface area (Å²) in [5.41, 5.74) is 0. The molecule has 0 saturated carbocycles. The second-order valence-electron chi connectivity index (χ2n) is 4.68. The molecule has 1 unspecified atom stereocenters. The summed E-state index contributed by atoms with van der Waals surface area (Å²) in [6.45, 7) is 0.803. The molecule has 2 rings (SSSR count). The van der Waals surface area contributed by atoms with Gasteiger partial charge in [-0.3, -0.25) is 4.79 Å². The van der Waals surface area contributed by atoms with Crippen LogP contribution in [0.3, 0.4) is 0 Å². The number of fused-ring (bicyclic) bond motifs is 1. The molecule has 116 valence electrons. The van der Waals surface area contributed by atoms with Gasteiger partial charge in [-0.2, -0.15) is 0 Å². The SMILES string of the molecule is CS(=O)(=O)NCCCNC(=O)C1COc2ccccc2O1. The number of carbonyl (C=O) groups is 1. The Labute approximate surface area is 123 Å². The van der Waals surface area contributed by atoms with Crippen LogP contribution < -0.4 is 19.5 Å². The van der Waals surface area contributed by atoms with Crippen LogP contribution in [0.15, 0.2) is 24.3 Å². The van der Waals surface area contributed by atoms with E-state index in [9.17, 15) is 13.2 Å². The molecule has 0 aliphatic carbocycles. The van der Waals surface area contributed by atoms with Crippen molar-refractivity contribution in [2.45, 2.75) is 12.5 Å². The highest BCUT2D eigenvalue weighted by Gasteiger charge is 2.26. The highest BCUT2D eigenvalue weighted by molar-refractivity contribution is 7.88. The average molecular weight is 314 g/mol. The normalized spacial score (nSPS) is 17.3. The molecular weight excluding hydrogens is 296 g/mol. The minimum Gasteiger partial charge on any atom is -0.485 e. The largest absolute Gasteiger partial charge is 0.485 e. The molecule has 0 aromatic heterocycles. The summed E-state index contributed by atoms with van der Waals surface area (Å²) in [6.07, 6.45) is 0.905. The minimum absolute atomic E-state index is 0.157. The van der Waals surface area contributed by atoms with Gasteiger partial charge >= 0.3 is 0 Å². The number of ether oxygens (including phenoxy) is 2. The Kier molecular flexibility index (Phi) is 5.03. The summed E-state index contributed by atoms with van der Waals surface area (Å²) in [7, 11) is -3.19. The van der Waals surface area contributed by atoms with Crippen molar-refractivity contribution in [3.63, 3.8) is 0 Å². The number of para-hydroxylation sites is 2. The quantitative estimate of drug-likeness (QED) is 0.714. The van der Waals surface area contributed by atoms with Gasteiger partial charge in [0, 0.05) is 13.1 Å². The van der Waals surface area contributed by atoms with Crippen molar-refractivity contribution in [1.82, 2.24) is 10.0 Å². The number of rotatable bonds is 6. The molecule has 2 N–H and O–H groups in total. The van der Waals surface area contributed by atoms with Crippen molar-refractivity contribution in [3.05, 3.63) is 24.3 Å². The molecule has 1 aromatic carbocycles. The third kappa shape index (κ3) is 4.91. The molecular formula is C13H18N2O5S. The first-order valence-electron chi connectivity index (χ1n) is 6.56. The second kappa shape index (κ2) is 6.77. The fourth-order valence-electron chi connectivity index (χ4n) is 1.82. The Balaban J connectivity index is 1.73. The number of hydrogen-bond acceptors (Lipinski definition) is 5. The van der Waals surface area contributed by atoms with Crippen LogP contribution in [0, 0.1) is 0 Å². The molecule has 1 aliphatic rings. The lowest BCUT2D eigenvalue weighted by atomic mass is 10.2. The average Bonchev–Trinajstić information content (AvgIpc) is 2.45. The first-order valence-corrected chi connectivity index (χ1v) is 8.46. The van der Waals surface area contributed by atoms with E-state index in [1.54, 1.807) is 18.2 Å². The molecule has 1 atom stereocenters. The molecule has 1 heterocycles. The molecule has 8 heteroatoms. The second-order valence-corrected chi connectivity index (χ2v) is 6.51. The summed E-state index contributed by atoms with van der Waals surface area (Å²) >= 11 is 0. The Hall–Kier alpha value is -1.80. The van der Waals surface area contributed by atoms with Crippen LogP contribution in [-0.4, -0.2) is 46.4 Å². The van der Waals surface area contributed by atoms with Crippen LogP contribution >= 0.6 is 0 Å². The highest BCUT2D eigenvalue weighted by atomic mass is 32.2. The van der Waals surface area contributed by atoms with E-state index >= 15 is 0 Å². The summed E-state index contributed by atoms with van der Waals surface area (Å²) in [5.74, 6) is 0.894. The topological polar surface area (TPSA) is 93.7 Å². The molecule has 0 spiro atoms. The van der Waals surface area contributed by atoms with E-state index in [1.807, 2.05) is 6.07 Å². The van der Waals surface area contributed by atoms with Crippen molar-refractivity contribution < 1.29 is 22.7 Å². The van der Waals surface area contributed by atoms with E-state index in [2.05, 4.69) is 10.0 Å². The number of hydrogen-bond donors (Lipinski definition) is 2.